The first-order valence-corrected chi connectivity index (χ1v) is 23.7. The summed E-state index contributed by atoms with van der Waals surface area (Å²) in [6.45, 7) is 0. The lowest BCUT2D eigenvalue weighted by molar-refractivity contribution is 1.07. The molecule has 0 fully saturated rings. The van der Waals surface area contributed by atoms with Crippen LogP contribution in [-0.2, 0) is 0 Å². The fourth-order valence-electron chi connectivity index (χ4n) is 9.78. The van der Waals surface area contributed by atoms with E-state index in [1.165, 1.54) is 53.2 Å². The zero-order chi connectivity index (χ0) is 45.0. The minimum Gasteiger partial charge on any atom is -0.308 e. The van der Waals surface area contributed by atoms with E-state index >= 15 is 0 Å². The Labute approximate surface area is 397 Å². The zero-order valence-corrected chi connectivity index (χ0v) is 37.6. The molecule has 0 bridgehead atoms. The average molecular weight is 885 g/mol. The Balaban J connectivity index is 1.10. The van der Waals surface area contributed by atoms with Gasteiger partial charge in [0.1, 0.15) is 0 Å². The highest BCUT2D eigenvalue weighted by Gasteiger charge is 2.24. The molecule has 13 aromatic rings. The third-order valence-corrected chi connectivity index (χ3v) is 14.2. The Bertz CT molecular complexity index is 3840. The molecule has 68 heavy (non-hydrogen) atoms. The van der Waals surface area contributed by atoms with Crippen molar-refractivity contribution in [2.45, 2.75) is 0 Å². The summed E-state index contributed by atoms with van der Waals surface area (Å²) in [6, 6.07) is 86.7. The molecule has 0 unspecified atom stereocenters. The SMILES string of the molecule is c1ccc(-c2ccc3c(c2)c2cc(-c4ccccc4)ccc2n3-c2c(-c3ccccc3)cc(-c3nc(-c4ccccc4)nc(-c4ccc5sc6ccccc6c5c4)n3)cc2-c2ccccc2)cc1. The molecule has 0 atom stereocenters. The first kappa shape index (κ1) is 39.6. The molecule has 0 saturated heterocycles. The van der Waals surface area contributed by atoms with E-state index in [2.05, 4.69) is 229 Å². The van der Waals surface area contributed by atoms with Crippen molar-refractivity contribution >= 4 is 53.3 Å². The molecule has 0 aliphatic rings. The minimum absolute atomic E-state index is 0.604. The van der Waals surface area contributed by atoms with Gasteiger partial charge in [0.25, 0.3) is 0 Å². The van der Waals surface area contributed by atoms with Crippen molar-refractivity contribution in [1.29, 1.82) is 0 Å². The highest BCUT2D eigenvalue weighted by molar-refractivity contribution is 7.25. The van der Waals surface area contributed by atoms with Crippen molar-refractivity contribution in [3.63, 3.8) is 0 Å². The van der Waals surface area contributed by atoms with Crippen molar-refractivity contribution in [2.24, 2.45) is 0 Å². The van der Waals surface area contributed by atoms with E-state index in [1.807, 2.05) is 29.5 Å². The average Bonchev–Trinajstić information content (AvgIpc) is 3.96. The number of hydrogen-bond acceptors (Lipinski definition) is 4. The molecule has 0 saturated carbocycles. The van der Waals surface area contributed by atoms with Crippen LogP contribution in [0, 0.1) is 0 Å². The Morgan fingerprint density at radius 1 is 0.265 bits per heavy atom. The summed E-state index contributed by atoms with van der Waals surface area (Å²) in [6.07, 6.45) is 0. The first-order valence-electron chi connectivity index (χ1n) is 22.9. The maximum Gasteiger partial charge on any atom is 0.164 e. The summed E-state index contributed by atoms with van der Waals surface area (Å²) < 4.78 is 4.98. The highest BCUT2D eigenvalue weighted by Crippen LogP contribution is 2.45. The lowest BCUT2D eigenvalue weighted by atomic mass is 9.92. The van der Waals surface area contributed by atoms with Crippen LogP contribution in [0.3, 0.4) is 0 Å². The molecule has 0 N–H and O–H groups in total. The smallest absolute Gasteiger partial charge is 0.164 e. The predicted octanol–water partition coefficient (Wildman–Crippen LogP) is 17.0. The monoisotopic (exact) mass is 884 g/mol. The molecule has 5 heteroatoms. The van der Waals surface area contributed by atoms with Gasteiger partial charge in [0.05, 0.1) is 16.7 Å². The van der Waals surface area contributed by atoms with Gasteiger partial charge in [-0.3, -0.25) is 0 Å². The lowest BCUT2D eigenvalue weighted by Crippen LogP contribution is -2.04. The third-order valence-electron chi connectivity index (χ3n) is 13.0. The van der Waals surface area contributed by atoms with Gasteiger partial charge in [-0.15, -0.1) is 11.3 Å². The third kappa shape index (κ3) is 6.96. The topological polar surface area (TPSA) is 43.6 Å². The molecule has 0 amide bonds. The van der Waals surface area contributed by atoms with Gasteiger partial charge in [-0.1, -0.05) is 182 Å². The Morgan fingerprint density at radius 2 is 0.662 bits per heavy atom. The van der Waals surface area contributed by atoms with Crippen LogP contribution in [0.4, 0.5) is 0 Å². The summed E-state index contributed by atoms with van der Waals surface area (Å²) in [5, 5.41) is 4.81. The number of aromatic nitrogens is 4. The maximum absolute atomic E-state index is 5.38. The van der Waals surface area contributed by atoms with E-state index < -0.39 is 0 Å². The fraction of sp³-hybridized carbons (Fsp3) is 0. The summed E-state index contributed by atoms with van der Waals surface area (Å²) >= 11 is 1.81. The molecular formula is C63H40N4S. The van der Waals surface area contributed by atoms with Gasteiger partial charge in [-0.05, 0) is 94.0 Å². The largest absolute Gasteiger partial charge is 0.308 e. The second kappa shape index (κ2) is 16.6. The molecule has 0 radical (unpaired) electrons. The normalized spacial score (nSPS) is 11.5. The van der Waals surface area contributed by atoms with Crippen molar-refractivity contribution < 1.29 is 0 Å². The molecule has 3 heterocycles. The second-order valence-corrected chi connectivity index (χ2v) is 18.2. The molecule has 0 aliphatic carbocycles. The van der Waals surface area contributed by atoms with Crippen molar-refractivity contribution in [3.8, 4) is 84.4 Å². The summed E-state index contributed by atoms with van der Waals surface area (Å²) in [7, 11) is 0. The Kier molecular flexibility index (Phi) is 9.66. The molecular weight excluding hydrogens is 845 g/mol. The van der Waals surface area contributed by atoms with Gasteiger partial charge in [-0.2, -0.15) is 0 Å². The number of rotatable bonds is 8. The van der Waals surface area contributed by atoms with E-state index in [0.717, 1.165) is 55.7 Å². The Morgan fingerprint density at radius 3 is 1.19 bits per heavy atom. The van der Waals surface area contributed by atoms with Gasteiger partial charge < -0.3 is 4.57 Å². The van der Waals surface area contributed by atoms with Crippen molar-refractivity contribution in [2.75, 3.05) is 0 Å². The number of hydrogen-bond donors (Lipinski definition) is 0. The van der Waals surface area contributed by atoms with Crippen molar-refractivity contribution in [3.05, 3.63) is 243 Å². The number of benzene rings is 10. The fourth-order valence-corrected chi connectivity index (χ4v) is 10.9. The zero-order valence-electron chi connectivity index (χ0n) is 36.8. The van der Waals surface area contributed by atoms with E-state index in [4.69, 9.17) is 15.0 Å². The lowest BCUT2D eigenvalue weighted by Gasteiger charge is -2.21. The standard InChI is InChI=1S/C63H40N4S/c1-6-18-41(19-7-1)46-30-33-56-53(36-46)54-37-47(42-20-8-2-9-21-42)31-34-57(54)67(56)60-51(43-22-10-3-11-23-43)39-49(40-52(60)44-24-12-4-13-25-44)63-65-61(45-26-14-5-15-27-45)64-62(66-63)48-32-35-59-55(38-48)50-28-16-17-29-58(50)68-59/h1-40H. The molecule has 13 rings (SSSR count). The first-order chi connectivity index (χ1) is 33.7. The highest BCUT2D eigenvalue weighted by atomic mass is 32.1. The van der Waals surface area contributed by atoms with Gasteiger partial charge >= 0.3 is 0 Å². The summed E-state index contributed by atoms with van der Waals surface area (Å²) in [5.74, 6) is 1.86. The number of thiophene rings is 1. The van der Waals surface area contributed by atoms with Crippen LogP contribution in [0.2, 0.25) is 0 Å². The minimum atomic E-state index is 0.604. The Hall–Kier alpha value is -8.77. The van der Waals surface area contributed by atoms with Crippen LogP contribution in [0.25, 0.3) is 126 Å². The molecule has 0 spiro atoms. The second-order valence-electron chi connectivity index (χ2n) is 17.2. The van der Waals surface area contributed by atoms with E-state index in [9.17, 15) is 0 Å². The van der Waals surface area contributed by atoms with Gasteiger partial charge in [0.15, 0.2) is 17.5 Å². The van der Waals surface area contributed by atoms with Crippen LogP contribution in [0.5, 0.6) is 0 Å². The van der Waals surface area contributed by atoms with Crippen molar-refractivity contribution in [1.82, 2.24) is 19.5 Å². The van der Waals surface area contributed by atoms with Gasteiger partial charge in [-0.25, -0.2) is 15.0 Å². The molecule has 318 valence electrons. The van der Waals surface area contributed by atoms with Gasteiger partial charge in [0.2, 0.25) is 0 Å². The summed E-state index contributed by atoms with van der Waals surface area (Å²) in [5.41, 5.74) is 15.1. The predicted molar refractivity (Wildman–Crippen MR) is 285 cm³/mol. The molecule has 10 aromatic carbocycles. The number of nitrogens with zero attached hydrogens (tertiary/aromatic N) is 4. The summed E-state index contributed by atoms with van der Waals surface area (Å²) in [4.78, 5) is 15.9. The van der Waals surface area contributed by atoms with Crippen LogP contribution < -0.4 is 0 Å². The molecule has 4 nitrogen and oxygen atoms in total. The van der Waals surface area contributed by atoms with E-state index in [1.54, 1.807) is 0 Å². The van der Waals surface area contributed by atoms with Crippen LogP contribution >= 0.6 is 11.3 Å². The van der Waals surface area contributed by atoms with Crippen LogP contribution in [-0.4, -0.2) is 19.5 Å². The van der Waals surface area contributed by atoms with E-state index in [-0.39, 0.29) is 0 Å². The van der Waals surface area contributed by atoms with Crippen LogP contribution in [0.1, 0.15) is 0 Å². The maximum atomic E-state index is 5.38. The quantitative estimate of drug-likeness (QED) is 0.153. The molecule has 0 aliphatic heterocycles. The molecule has 3 aromatic heterocycles. The van der Waals surface area contributed by atoms with Gasteiger partial charge in [0, 0.05) is 58.8 Å². The van der Waals surface area contributed by atoms with E-state index in [0.29, 0.717) is 17.5 Å². The number of fused-ring (bicyclic) bond motifs is 6. The van der Waals surface area contributed by atoms with Crippen LogP contribution in [0.15, 0.2) is 243 Å².